The second-order valence-corrected chi connectivity index (χ2v) is 8.79. The average Bonchev–Trinajstić information content (AvgIpc) is 3.43. The molecular formula is C21H22N4O4S2. The van der Waals surface area contributed by atoms with Gasteiger partial charge in [0.1, 0.15) is 11.5 Å². The van der Waals surface area contributed by atoms with Crippen LogP contribution in [-0.2, 0) is 17.8 Å². The van der Waals surface area contributed by atoms with Gasteiger partial charge in [-0.25, -0.2) is 4.98 Å². The minimum absolute atomic E-state index is 0.123. The van der Waals surface area contributed by atoms with E-state index in [4.69, 9.17) is 9.47 Å². The molecule has 31 heavy (non-hydrogen) atoms. The molecule has 8 nitrogen and oxygen atoms in total. The number of benzene rings is 1. The van der Waals surface area contributed by atoms with Crippen LogP contribution in [-0.4, -0.2) is 49.0 Å². The van der Waals surface area contributed by atoms with E-state index in [9.17, 15) is 9.59 Å². The van der Waals surface area contributed by atoms with E-state index in [1.165, 1.54) is 22.7 Å². The van der Waals surface area contributed by atoms with Crippen LogP contribution in [0, 0.1) is 0 Å². The third-order valence-electron chi connectivity index (χ3n) is 4.86. The molecule has 0 fully saturated rings. The van der Waals surface area contributed by atoms with Gasteiger partial charge in [-0.3, -0.25) is 19.8 Å². The molecule has 0 saturated heterocycles. The van der Waals surface area contributed by atoms with Gasteiger partial charge in [0.25, 0.3) is 5.91 Å². The number of amides is 2. The molecule has 0 bridgehead atoms. The minimum atomic E-state index is -0.156. The van der Waals surface area contributed by atoms with Crippen LogP contribution >= 0.6 is 22.7 Å². The van der Waals surface area contributed by atoms with E-state index in [1.807, 2.05) is 5.38 Å². The number of ether oxygens (including phenoxy) is 2. The van der Waals surface area contributed by atoms with Crippen LogP contribution in [0.1, 0.15) is 20.9 Å². The standard InChI is InChI=1S/C21H22N4O4S2/c1-28-14-3-4-15(17(9-14)29-2)22-19(26)11-25-7-5-16-18(10-25)31-21(23-16)24-20(27)13-6-8-30-12-13/h3-4,6,8-9,12H,5,7,10-11H2,1-2H3,(H,22,26)(H,23,24,27). The smallest absolute Gasteiger partial charge is 0.258 e. The predicted octanol–water partition coefficient (Wildman–Crippen LogP) is 3.47. The Balaban J connectivity index is 1.35. The van der Waals surface area contributed by atoms with Crippen LogP contribution < -0.4 is 20.1 Å². The lowest BCUT2D eigenvalue weighted by Gasteiger charge is -2.25. The van der Waals surface area contributed by atoms with Crippen LogP contribution in [0.3, 0.4) is 0 Å². The van der Waals surface area contributed by atoms with Crippen molar-refractivity contribution in [3.05, 3.63) is 51.2 Å². The first kappa shape index (κ1) is 21.3. The number of hydrogen-bond acceptors (Lipinski definition) is 8. The summed E-state index contributed by atoms with van der Waals surface area (Å²) >= 11 is 2.94. The Morgan fingerprint density at radius 1 is 1.19 bits per heavy atom. The van der Waals surface area contributed by atoms with E-state index in [2.05, 4.69) is 20.5 Å². The molecule has 1 aromatic carbocycles. The summed E-state index contributed by atoms with van der Waals surface area (Å²) in [7, 11) is 3.13. The molecule has 0 radical (unpaired) electrons. The molecule has 0 spiro atoms. The first-order chi connectivity index (χ1) is 15.1. The van der Waals surface area contributed by atoms with Crippen LogP contribution in [0.5, 0.6) is 11.5 Å². The maximum Gasteiger partial charge on any atom is 0.258 e. The van der Waals surface area contributed by atoms with Crippen molar-refractivity contribution in [3.63, 3.8) is 0 Å². The summed E-state index contributed by atoms with van der Waals surface area (Å²) in [5.74, 6) is 0.923. The Labute approximate surface area is 187 Å². The fraction of sp³-hybridized carbons (Fsp3) is 0.286. The lowest BCUT2D eigenvalue weighted by molar-refractivity contribution is -0.117. The zero-order valence-electron chi connectivity index (χ0n) is 17.1. The highest BCUT2D eigenvalue weighted by Gasteiger charge is 2.23. The molecule has 0 atom stereocenters. The van der Waals surface area contributed by atoms with Crippen LogP contribution in [0.4, 0.5) is 10.8 Å². The molecule has 0 aliphatic carbocycles. The van der Waals surface area contributed by atoms with E-state index in [1.54, 1.807) is 43.9 Å². The van der Waals surface area contributed by atoms with Crippen LogP contribution in [0.15, 0.2) is 35.0 Å². The molecule has 1 aliphatic rings. The van der Waals surface area contributed by atoms with Gasteiger partial charge in [-0.1, -0.05) is 0 Å². The number of carbonyl (C=O) groups is 2. The summed E-state index contributed by atoms with van der Waals surface area (Å²) in [5.41, 5.74) is 2.21. The maximum absolute atomic E-state index is 12.6. The number of thiazole rings is 1. The quantitative estimate of drug-likeness (QED) is 0.563. The van der Waals surface area contributed by atoms with E-state index >= 15 is 0 Å². The number of nitrogens with one attached hydrogen (secondary N) is 2. The Morgan fingerprint density at radius 3 is 2.81 bits per heavy atom. The highest BCUT2D eigenvalue weighted by atomic mass is 32.1. The van der Waals surface area contributed by atoms with Crippen molar-refractivity contribution >= 4 is 45.3 Å². The second kappa shape index (κ2) is 9.46. The molecule has 10 heteroatoms. The number of nitrogens with zero attached hydrogens (tertiary/aromatic N) is 2. The molecule has 3 aromatic rings. The zero-order valence-corrected chi connectivity index (χ0v) is 18.8. The molecule has 2 N–H and O–H groups in total. The van der Waals surface area contributed by atoms with Crippen molar-refractivity contribution < 1.29 is 19.1 Å². The molecule has 2 aromatic heterocycles. The zero-order chi connectivity index (χ0) is 21.8. The van der Waals surface area contributed by atoms with Crippen molar-refractivity contribution in [1.29, 1.82) is 0 Å². The van der Waals surface area contributed by atoms with Crippen molar-refractivity contribution in [2.45, 2.75) is 13.0 Å². The van der Waals surface area contributed by atoms with Crippen LogP contribution in [0.25, 0.3) is 0 Å². The molecule has 2 amide bonds. The summed E-state index contributed by atoms with van der Waals surface area (Å²) in [6, 6.07) is 7.04. The molecule has 4 rings (SSSR count). The molecule has 162 valence electrons. The predicted molar refractivity (Wildman–Crippen MR) is 122 cm³/mol. The van der Waals surface area contributed by atoms with Gasteiger partial charge < -0.3 is 14.8 Å². The normalized spacial score (nSPS) is 13.4. The molecule has 3 heterocycles. The van der Waals surface area contributed by atoms with Crippen LogP contribution in [0.2, 0.25) is 0 Å². The SMILES string of the molecule is COc1ccc(NC(=O)CN2CCc3nc(NC(=O)c4ccsc4)sc3C2)c(OC)c1. The minimum Gasteiger partial charge on any atom is -0.497 e. The van der Waals surface area contributed by atoms with Gasteiger partial charge in [0, 0.05) is 35.8 Å². The van der Waals surface area contributed by atoms with Gasteiger partial charge >= 0.3 is 0 Å². The Bertz CT molecular complexity index is 1080. The highest BCUT2D eigenvalue weighted by molar-refractivity contribution is 7.16. The third-order valence-corrected chi connectivity index (χ3v) is 6.55. The van der Waals surface area contributed by atoms with Gasteiger partial charge in [-0.15, -0.1) is 11.3 Å². The number of anilines is 2. The van der Waals surface area contributed by atoms with Crippen molar-refractivity contribution in [2.24, 2.45) is 0 Å². The molecule has 0 unspecified atom stereocenters. The van der Waals surface area contributed by atoms with Crippen molar-refractivity contribution in [1.82, 2.24) is 9.88 Å². The summed E-state index contributed by atoms with van der Waals surface area (Å²) in [6.45, 7) is 1.60. The lowest BCUT2D eigenvalue weighted by Crippen LogP contribution is -2.36. The highest BCUT2D eigenvalue weighted by Crippen LogP contribution is 2.30. The van der Waals surface area contributed by atoms with Gasteiger partial charge in [-0.05, 0) is 23.6 Å². The van der Waals surface area contributed by atoms with Gasteiger partial charge in [-0.2, -0.15) is 11.3 Å². The molecule has 1 aliphatic heterocycles. The number of hydrogen-bond donors (Lipinski definition) is 2. The summed E-state index contributed by atoms with van der Waals surface area (Å²) in [5, 5.41) is 10.0. The number of aromatic nitrogens is 1. The lowest BCUT2D eigenvalue weighted by atomic mass is 10.2. The number of thiophene rings is 1. The summed E-state index contributed by atoms with van der Waals surface area (Å²) in [6.07, 6.45) is 0.735. The number of fused-ring (bicyclic) bond motifs is 1. The third kappa shape index (κ3) is 5.04. The maximum atomic E-state index is 12.6. The molecular weight excluding hydrogens is 436 g/mol. The number of methoxy groups -OCH3 is 2. The van der Waals surface area contributed by atoms with E-state index in [0.717, 1.165) is 23.5 Å². The van der Waals surface area contributed by atoms with Gasteiger partial charge in [0.05, 0.1) is 37.7 Å². The monoisotopic (exact) mass is 458 g/mol. The van der Waals surface area contributed by atoms with E-state index < -0.39 is 0 Å². The van der Waals surface area contributed by atoms with E-state index in [0.29, 0.717) is 34.4 Å². The Hall–Kier alpha value is -2.95. The van der Waals surface area contributed by atoms with Crippen molar-refractivity contribution in [3.8, 4) is 11.5 Å². The van der Waals surface area contributed by atoms with E-state index in [-0.39, 0.29) is 18.4 Å². The molecule has 0 saturated carbocycles. The second-order valence-electron chi connectivity index (χ2n) is 6.93. The number of rotatable bonds is 7. The van der Waals surface area contributed by atoms with Gasteiger partial charge in [0.15, 0.2) is 5.13 Å². The Morgan fingerprint density at radius 2 is 2.06 bits per heavy atom. The first-order valence-corrected chi connectivity index (χ1v) is 11.4. The summed E-state index contributed by atoms with van der Waals surface area (Å²) < 4.78 is 10.5. The summed E-state index contributed by atoms with van der Waals surface area (Å²) in [4.78, 5) is 32.5. The number of carbonyl (C=O) groups excluding carboxylic acids is 2. The Kier molecular flexibility index (Phi) is 6.50. The van der Waals surface area contributed by atoms with Gasteiger partial charge in [0.2, 0.25) is 5.91 Å². The topological polar surface area (TPSA) is 92.8 Å². The average molecular weight is 459 g/mol. The fourth-order valence-electron chi connectivity index (χ4n) is 3.29. The first-order valence-electron chi connectivity index (χ1n) is 9.62. The largest absolute Gasteiger partial charge is 0.497 e. The van der Waals surface area contributed by atoms with Crippen molar-refractivity contribution in [2.75, 3.05) is 37.9 Å². The fourth-order valence-corrected chi connectivity index (χ4v) is 4.98.